The highest BCUT2D eigenvalue weighted by Gasteiger charge is 2.06. The van der Waals surface area contributed by atoms with Crippen molar-refractivity contribution in [1.82, 2.24) is 10.2 Å². The largest absolute Gasteiger partial charge is 0.379 e. The van der Waals surface area contributed by atoms with Gasteiger partial charge in [-0.05, 0) is 48.4 Å². The fourth-order valence-corrected chi connectivity index (χ4v) is 2.69. The monoisotopic (exact) mass is 341 g/mol. The molecule has 1 heterocycles. The number of halogens is 1. The first kappa shape index (κ1) is 13.9. The lowest BCUT2D eigenvalue weighted by molar-refractivity contribution is 0.884. The summed E-state index contributed by atoms with van der Waals surface area (Å²) in [5.41, 5.74) is 4.52. The van der Waals surface area contributed by atoms with E-state index in [0.717, 1.165) is 21.4 Å². The molecule has 0 aliphatic rings. The summed E-state index contributed by atoms with van der Waals surface area (Å²) in [7, 11) is 0. The smallest absolute Gasteiger partial charge is 0.0650 e. The number of aromatic amines is 1. The first-order valence-corrected chi connectivity index (χ1v) is 7.63. The van der Waals surface area contributed by atoms with Crippen LogP contribution in [0.4, 0.5) is 5.69 Å². The molecule has 3 nitrogen and oxygen atoms in total. The van der Waals surface area contributed by atoms with E-state index in [9.17, 15) is 0 Å². The number of hydrogen-bond donors (Lipinski definition) is 2. The molecule has 106 valence electrons. The number of nitrogens with zero attached hydrogens (tertiary/aromatic N) is 1. The van der Waals surface area contributed by atoms with Gasteiger partial charge in [-0.1, -0.05) is 40.2 Å². The van der Waals surface area contributed by atoms with Crippen LogP contribution in [0.2, 0.25) is 0 Å². The van der Waals surface area contributed by atoms with E-state index in [1.165, 1.54) is 5.56 Å². The van der Waals surface area contributed by atoms with E-state index >= 15 is 0 Å². The van der Waals surface area contributed by atoms with Crippen molar-refractivity contribution in [2.75, 3.05) is 5.32 Å². The SMILES string of the molecule is CC(Nc1ccc(-c2ccn[nH]2)cc1)c1cccc(Br)c1. The minimum atomic E-state index is 0.250. The zero-order valence-corrected chi connectivity index (χ0v) is 13.3. The molecule has 0 amide bonds. The minimum absolute atomic E-state index is 0.250. The van der Waals surface area contributed by atoms with Gasteiger partial charge in [0.2, 0.25) is 0 Å². The summed E-state index contributed by atoms with van der Waals surface area (Å²) in [6, 6.07) is 18.9. The Morgan fingerprint density at radius 1 is 1.10 bits per heavy atom. The molecule has 0 aliphatic heterocycles. The van der Waals surface area contributed by atoms with Gasteiger partial charge in [0.05, 0.1) is 5.69 Å². The highest BCUT2D eigenvalue weighted by atomic mass is 79.9. The summed E-state index contributed by atoms with van der Waals surface area (Å²) in [6.07, 6.45) is 1.76. The van der Waals surface area contributed by atoms with Gasteiger partial charge < -0.3 is 5.32 Å². The van der Waals surface area contributed by atoms with Gasteiger partial charge in [0.15, 0.2) is 0 Å². The molecule has 1 atom stereocenters. The molecule has 2 N–H and O–H groups in total. The summed E-state index contributed by atoms with van der Waals surface area (Å²) in [6.45, 7) is 2.16. The fourth-order valence-electron chi connectivity index (χ4n) is 2.27. The highest BCUT2D eigenvalue weighted by Crippen LogP contribution is 2.24. The lowest BCUT2D eigenvalue weighted by Gasteiger charge is -2.16. The molecule has 0 saturated carbocycles. The first-order chi connectivity index (χ1) is 10.2. The van der Waals surface area contributed by atoms with Crippen LogP contribution in [-0.4, -0.2) is 10.2 Å². The molecule has 1 aromatic heterocycles. The van der Waals surface area contributed by atoms with E-state index in [-0.39, 0.29) is 6.04 Å². The summed E-state index contributed by atoms with van der Waals surface area (Å²) in [5, 5.41) is 10.5. The molecular formula is C17H16BrN3. The Labute approximate surface area is 132 Å². The fraction of sp³-hybridized carbons (Fsp3) is 0.118. The van der Waals surface area contributed by atoms with Crippen molar-refractivity contribution in [1.29, 1.82) is 0 Å². The number of aromatic nitrogens is 2. The Hall–Kier alpha value is -2.07. The van der Waals surface area contributed by atoms with Crippen LogP contribution in [0, 0.1) is 0 Å². The average molecular weight is 342 g/mol. The van der Waals surface area contributed by atoms with Crippen LogP contribution >= 0.6 is 15.9 Å². The van der Waals surface area contributed by atoms with Gasteiger partial charge in [-0.15, -0.1) is 0 Å². The van der Waals surface area contributed by atoms with Crippen molar-refractivity contribution in [3.63, 3.8) is 0 Å². The maximum atomic E-state index is 3.97. The van der Waals surface area contributed by atoms with E-state index in [4.69, 9.17) is 0 Å². The third-order valence-electron chi connectivity index (χ3n) is 3.43. The van der Waals surface area contributed by atoms with Crippen molar-refractivity contribution >= 4 is 21.6 Å². The van der Waals surface area contributed by atoms with Gasteiger partial charge in [0.25, 0.3) is 0 Å². The predicted octanol–water partition coefficient (Wildman–Crippen LogP) is 5.01. The Morgan fingerprint density at radius 2 is 1.90 bits per heavy atom. The standard InChI is InChI=1S/C17H16BrN3/c1-12(14-3-2-4-15(18)11-14)20-16-7-5-13(6-8-16)17-9-10-19-21-17/h2-12,20H,1H3,(H,19,21). The van der Waals surface area contributed by atoms with Gasteiger partial charge >= 0.3 is 0 Å². The second kappa shape index (κ2) is 6.14. The number of anilines is 1. The number of H-pyrrole nitrogens is 1. The van der Waals surface area contributed by atoms with E-state index in [1.54, 1.807) is 6.20 Å². The van der Waals surface area contributed by atoms with Crippen molar-refractivity contribution < 1.29 is 0 Å². The maximum absolute atomic E-state index is 3.97. The number of benzene rings is 2. The topological polar surface area (TPSA) is 40.7 Å². The molecule has 3 aromatic rings. The van der Waals surface area contributed by atoms with Gasteiger partial charge in [0.1, 0.15) is 0 Å². The van der Waals surface area contributed by atoms with Crippen molar-refractivity contribution in [3.05, 3.63) is 70.8 Å². The Balaban J connectivity index is 1.73. The number of hydrogen-bond acceptors (Lipinski definition) is 2. The Kier molecular flexibility index (Phi) is 4.06. The molecule has 2 aromatic carbocycles. The molecule has 0 fully saturated rings. The summed E-state index contributed by atoms with van der Waals surface area (Å²) >= 11 is 3.51. The van der Waals surface area contributed by atoms with Crippen LogP contribution < -0.4 is 5.32 Å². The number of nitrogens with one attached hydrogen (secondary N) is 2. The molecular weight excluding hydrogens is 326 g/mol. The Morgan fingerprint density at radius 3 is 2.57 bits per heavy atom. The maximum Gasteiger partial charge on any atom is 0.0650 e. The minimum Gasteiger partial charge on any atom is -0.379 e. The molecule has 21 heavy (non-hydrogen) atoms. The van der Waals surface area contributed by atoms with Gasteiger partial charge in [-0.2, -0.15) is 5.10 Å². The molecule has 0 saturated heterocycles. The first-order valence-electron chi connectivity index (χ1n) is 6.84. The van der Waals surface area contributed by atoms with Crippen LogP contribution in [0.3, 0.4) is 0 Å². The second-order valence-corrected chi connectivity index (χ2v) is 5.88. The van der Waals surface area contributed by atoms with E-state index in [2.05, 4.69) is 80.8 Å². The lowest BCUT2D eigenvalue weighted by Crippen LogP contribution is -2.06. The average Bonchev–Trinajstić information content (AvgIpc) is 3.02. The van der Waals surface area contributed by atoms with Crippen molar-refractivity contribution in [3.8, 4) is 11.3 Å². The van der Waals surface area contributed by atoms with Gasteiger partial charge in [-0.25, -0.2) is 0 Å². The van der Waals surface area contributed by atoms with E-state index in [0.29, 0.717) is 0 Å². The van der Waals surface area contributed by atoms with Crippen molar-refractivity contribution in [2.45, 2.75) is 13.0 Å². The van der Waals surface area contributed by atoms with E-state index < -0.39 is 0 Å². The molecule has 0 radical (unpaired) electrons. The quantitative estimate of drug-likeness (QED) is 0.700. The molecule has 0 aliphatic carbocycles. The number of rotatable bonds is 4. The summed E-state index contributed by atoms with van der Waals surface area (Å²) in [5.74, 6) is 0. The third-order valence-corrected chi connectivity index (χ3v) is 3.92. The molecule has 0 spiro atoms. The van der Waals surface area contributed by atoms with Crippen LogP contribution in [0.25, 0.3) is 11.3 Å². The van der Waals surface area contributed by atoms with Crippen LogP contribution in [0.5, 0.6) is 0 Å². The molecule has 1 unspecified atom stereocenters. The van der Waals surface area contributed by atoms with Gasteiger partial charge in [0, 0.05) is 22.4 Å². The predicted molar refractivity (Wildman–Crippen MR) is 90.2 cm³/mol. The van der Waals surface area contributed by atoms with Crippen LogP contribution in [-0.2, 0) is 0 Å². The normalized spacial score (nSPS) is 12.1. The van der Waals surface area contributed by atoms with E-state index in [1.807, 2.05) is 12.1 Å². The molecule has 0 bridgehead atoms. The third kappa shape index (κ3) is 3.34. The van der Waals surface area contributed by atoms with Crippen molar-refractivity contribution in [2.24, 2.45) is 0 Å². The second-order valence-electron chi connectivity index (χ2n) is 4.97. The molecule has 3 rings (SSSR count). The highest BCUT2D eigenvalue weighted by molar-refractivity contribution is 9.10. The molecule has 4 heteroatoms. The van der Waals surface area contributed by atoms with Crippen LogP contribution in [0.1, 0.15) is 18.5 Å². The van der Waals surface area contributed by atoms with Gasteiger partial charge in [-0.3, -0.25) is 5.10 Å². The van der Waals surface area contributed by atoms with Crippen LogP contribution in [0.15, 0.2) is 65.3 Å². The summed E-state index contributed by atoms with van der Waals surface area (Å²) < 4.78 is 1.10. The summed E-state index contributed by atoms with van der Waals surface area (Å²) in [4.78, 5) is 0. The Bertz CT molecular complexity index is 705. The lowest BCUT2D eigenvalue weighted by atomic mass is 10.1. The zero-order valence-electron chi connectivity index (χ0n) is 11.7. The zero-order chi connectivity index (χ0) is 14.7.